The molecule has 0 rings (SSSR count). The summed E-state index contributed by atoms with van der Waals surface area (Å²) in [6, 6.07) is 0. The Morgan fingerprint density at radius 1 is 0.833 bits per heavy atom. The maximum Gasteiger partial charge on any atom is 1.00 e. The Kier molecular flexibility index (Phi) is 31.6. The fraction of sp³-hybridized carbons (Fsp3) is 0.950. The summed E-state index contributed by atoms with van der Waals surface area (Å²) in [6.45, 7) is 6.22. The molecule has 1 unspecified atom stereocenters. The Morgan fingerprint density at radius 3 is 1.71 bits per heavy atom. The molecule has 0 aliphatic heterocycles. The van der Waals surface area contributed by atoms with Crippen molar-refractivity contribution in [1.82, 2.24) is 4.90 Å². The Morgan fingerprint density at radius 2 is 1.25 bits per heavy atom. The first-order chi connectivity index (χ1) is 11.2. The molecular formula is C20H42NNaO2. The molecule has 0 N–H and O–H groups in total. The standard InChI is InChI=1S/C19H39NO.CH3O.Na/c1-4-6-8-10-11-13-15-19(14-12-9-7-5-2)18-20(3)16-17-21;1-2;/h17,19H,4-16,18H2,1-3H3;1H3;/q;-1;+1. The molecule has 0 radical (unpaired) electrons. The van der Waals surface area contributed by atoms with Crippen molar-refractivity contribution >= 4 is 6.29 Å². The van der Waals surface area contributed by atoms with Gasteiger partial charge in [0.2, 0.25) is 0 Å². The predicted octanol–water partition coefficient (Wildman–Crippen LogP) is 1.43. The summed E-state index contributed by atoms with van der Waals surface area (Å²) in [7, 11) is 2.83. The Balaban J connectivity index is -0.00000141. The average molecular weight is 352 g/mol. The van der Waals surface area contributed by atoms with Crippen LogP contribution in [0.5, 0.6) is 0 Å². The first-order valence-corrected chi connectivity index (χ1v) is 9.77. The molecular weight excluding hydrogens is 309 g/mol. The molecule has 0 saturated carbocycles. The molecule has 24 heavy (non-hydrogen) atoms. The van der Waals surface area contributed by atoms with E-state index in [1.165, 1.54) is 77.0 Å². The maximum absolute atomic E-state index is 10.6. The first-order valence-electron chi connectivity index (χ1n) is 9.77. The number of likely N-dealkylation sites (N-methyl/N-ethyl adjacent to an activating group) is 1. The van der Waals surface area contributed by atoms with E-state index in [0.717, 1.165) is 25.9 Å². The normalized spacial score (nSPS) is 11.4. The van der Waals surface area contributed by atoms with Gasteiger partial charge in [0.15, 0.2) is 0 Å². The Hall–Kier alpha value is 0.590. The minimum absolute atomic E-state index is 0. The second kappa shape index (κ2) is 25.8. The van der Waals surface area contributed by atoms with Gasteiger partial charge in [0.25, 0.3) is 0 Å². The van der Waals surface area contributed by atoms with Crippen molar-refractivity contribution in [2.75, 3.05) is 27.2 Å². The number of aldehydes is 1. The molecule has 0 aromatic carbocycles. The SMILES string of the molecule is CCCCCCCCC(CCCCCC)CN(C)CC=O.C[O-].[Na+]. The van der Waals surface area contributed by atoms with E-state index in [1.807, 2.05) is 0 Å². The smallest absolute Gasteiger partial charge is 0.857 e. The van der Waals surface area contributed by atoms with Crippen molar-refractivity contribution in [1.29, 1.82) is 0 Å². The van der Waals surface area contributed by atoms with Crippen LogP contribution < -0.4 is 34.7 Å². The minimum Gasteiger partial charge on any atom is -0.857 e. The van der Waals surface area contributed by atoms with Crippen LogP contribution in [-0.4, -0.2) is 38.4 Å². The first kappa shape index (κ1) is 29.4. The molecule has 0 bridgehead atoms. The molecule has 0 aromatic rings. The molecule has 0 aliphatic carbocycles. The number of hydrogen-bond acceptors (Lipinski definition) is 3. The van der Waals surface area contributed by atoms with E-state index in [1.54, 1.807) is 0 Å². The van der Waals surface area contributed by atoms with Crippen molar-refractivity contribution in [2.45, 2.75) is 90.9 Å². The molecule has 0 aromatic heterocycles. The van der Waals surface area contributed by atoms with Crippen molar-refractivity contribution in [3.05, 3.63) is 0 Å². The van der Waals surface area contributed by atoms with Crippen LogP contribution in [0.4, 0.5) is 0 Å². The van der Waals surface area contributed by atoms with Crippen molar-refractivity contribution in [3.8, 4) is 0 Å². The molecule has 0 saturated heterocycles. The van der Waals surface area contributed by atoms with Crippen LogP contribution in [0.25, 0.3) is 0 Å². The largest absolute Gasteiger partial charge is 1.00 e. The van der Waals surface area contributed by atoms with Crippen LogP contribution in [0, 0.1) is 5.92 Å². The van der Waals surface area contributed by atoms with Gasteiger partial charge >= 0.3 is 29.6 Å². The van der Waals surface area contributed by atoms with Gasteiger partial charge in [-0.1, -0.05) is 78.1 Å². The molecule has 4 heteroatoms. The quantitative estimate of drug-likeness (QED) is 0.240. The van der Waals surface area contributed by atoms with E-state index >= 15 is 0 Å². The van der Waals surface area contributed by atoms with E-state index in [-0.39, 0.29) is 29.6 Å². The summed E-state index contributed by atoms with van der Waals surface area (Å²) in [5.41, 5.74) is 0. The number of rotatable bonds is 16. The van der Waals surface area contributed by atoms with Gasteiger partial charge in [-0.2, -0.15) is 7.11 Å². The van der Waals surface area contributed by atoms with Crippen LogP contribution in [-0.2, 0) is 4.79 Å². The Bertz CT molecular complexity index is 228. The molecule has 1 atom stereocenters. The van der Waals surface area contributed by atoms with Crippen molar-refractivity contribution in [2.24, 2.45) is 5.92 Å². The van der Waals surface area contributed by atoms with Crippen LogP contribution in [0.1, 0.15) is 90.9 Å². The fourth-order valence-electron chi connectivity index (χ4n) is 3.04. The summed E-state index contributed by atoms with van der Waals surface area (Å²) in [5, 5.41) is 8.25. The third kappa shape index (κ3) is 22.6. The number of carbonyl (C=O) groups is 1. The molecule has 0 aliphatic rings. The topological polar surface area (TPSA) is 43.4 Å². The molecule has 0 amide bonds. The van der Waals surface area contributed by atoms with Crippen LogP contribution in [0.2, 0.25) is 0 Å². The summed E-state index contributed by atoms with van der Waals surface area (Å²) in [4.78, 5) is 12.8. The zero-order chi connectivity index (χ0) is 17.8. The fourth-order valence-corrected chi connectivity index (χ4v) is 3.04. The van der Waals surface area contributed by atoms with Gasteiger partial charge in [0.05, 0.1) is 6.54 Å². The molecule has 3 nitrogen and oxygen atoms in total. The third-order valence-electron chi connectivity index (χ3n) is 4.39. The van der Waals surface area contributed by atoms with Gasteiger partial charge in [-0.05, 0) is 25.8 Å². The van der Waals surface area contributed by atoms with Gasteiger partial charge < -0.3 is 9.90 Å². The zero-order valence-corrected chi connectivity index (χ0v) is 19.3. The predicted molar refractivity (Wildman–Crippen MR) is 99.7 cm³/mol. The van der Waals surface area contributed by atoms with Gasteiger partial charge in [-0.25, -0.2) is 0 Å². The average Bonchev–Trinajstić information content (AvgIpc) is 2.56. The van der Waals surface area contributed by atoms with Crippen LogP contribution in [0.15, 0.2) is 0 Å². The minimum atomic E-state index is 0. The Labute approximate surface area is 174 Å². The number of hydrogen-bond donors (Lipinski definition) is 0. The number of carbonyl (C=O) groups excluding carboxylic acids is 1. The van der Waals surface area contributed by atoms with E-state index < -0.39 is 0 Å². The molecule has 0 fully saturated rings. The third-order valence-corrected chi connectivity index (χ3v) is 4.39. The van der Waals surface area contributed by atoms with Gasteiger partial charge in [0.1, 0.15) is 6.29 Å². The van der Waals surface area contributed by atoms with Crippen LogP contribution >= 0.6 is 0 Å². The molecule has 140 valence electrons. The maximum atomic E-state index is 10.6. The van der Waals surface area contributed by atoms with Crippen molar-refractivity contribution < 1.29 is 39.5 Å². The number of nitrogens with zero attached hydrogens (tertiary/aromatic N) is 1. The summed E-state index contributed by atoms with van der Waals surface area (Å²) in [6.07, 6.45) is 17.4. The van der Waals surface area contributed by atoms with E-state index in [4.69, 9.17) is 5.11 Å². The van der Waals surface area contributed by atoms with E-state index in [0.29, 0.717) is 6.54 Å². The second-order valence-corrected chi connectivity index (χ2v) is 6.66. The summed E-state index contributed by atoms with van der Waals surface area (Å²) >= 11 is 0. The van der Waals surface area contributed by atoms with Gasteiger partial charge in [-0.3, -0.25) is 4.90 Å². The monoisotopic (exact) mass is 351 g/mol. The van der Waals surface area contributed by atoms with E-state index in [2.05, 4.69) is 25.8 Å². The summed E-state index contributed by atoms with van der Waals surface area (Å²) < 4.78 is 0. The van der Waals surface area contributed by atoms with Gasteiger partial charge in [-0.15, -0.1) is 0 Å². The van der Waals surface area contributed by atoms with Crippen molar-refractivity contribution in [3.63, 3.8) is 0 Å². The second-order valence-electron chi connectivity index (χ2n) is 6.66. The van der Waals surface area contributed by atoms with Gasteiger partial charge in [0, 0.05) is 6.54 Å². The molecule has 0 spiro atoms. The summed E-state index contributed by atoms with van der Waals surface area (Å²) in [5.74, 6) is 0.790. The van der Waals surface area contributed by atoms with Crippen LogP contribution in [0.3, 0.4) is 0 Å². The zero-order valence-electron chi connectivity index (χ0n) is 17.3. The van der Waals surface area contributed by atoms with E-state index in [9.17, 15) is 4.79 Å². The number of unbranched alkanes of at least 4 members (excludes halogenated alkanes) is 8. The molecule has 0 heterocycles.